The molecule has 1 aromatic carbocycles. The highest BCUT2D eigenvalue weighted by Crippen LogP contribution is 2.25. The number of hydrogen-bond donors (Lipinski definition) is 4. The molecule has 0 radical (unpaired) electrons. The van der Waals surface area contributed by atoms with Gasteiger partial charge in [-0.25, -0.2) is 4.79 Å². The highest BCUT2D eigenvalue weighted by Gasteiger charge is 2.25. The van der Waals surface area contributed by atoms with Gasteiger partial charge in [-0.05, 0) is 31.9 Å². The molecule has 0 amide bonds. The van der Waals surface area contributed by atoms with Crippen LogP contribution in [0.5, 0.6) is 0 Å². The van der Waals surface area contributed by atoms with E-state index in [9.17, 15) is 4.79 Å². The fourth-order valence-corrected chi connectivity index (χ4v) is 3.90. The number of likely N-dealkylation sites (tertiary alicyclic amines) is 1. The molecular weight excluding hydrogens is 342 g/mol. The first-order valence-corrected chi connectivity index (χ1v) is 9.41. The van der Waals surface area contributed by atoms with Crippen molar-refractivity contribution in [3.8, 4) is 0 Å². The largest absolute Gasteiger partial charge is 0.370 e. The van der Waals surface area contributed by atoms with Crippen LogP contribution in [0.2, 0.25) is 0 Å². The molecule has 27 heavy (non-hydrogen) atoms. The number of para-hydroxylation sites is 1. The average Bonchev–Trinajstić information content (AvgIpc) is 3.24. The minimum Gasteiger partial charge on any atom is -0.370 e. The van der Waals surface area contributed by atoms with Crippen LogP contribution < -0.4 is 16.7 Å². The molecule has 0 spiro atoms. The van der Waals surface area contributed by atoms with Gasteiger partial charge in [-0.3, -0.25) is 9.98 Å². The molecule has 4 rings (SSSR count). The summed E-state index contributed by atoms with van der Waals surface area (Å²) in [6, 6.07) is 8.21. The van der Waals surface area contributed by atoms with Crippen molar-refractivity contribution in [2.75, 3.05) is 26.2 Å². The zero-order valence-electron chi connectivity index (χ0n) is 15.2. The van der Waals surface area contributed by atoms with Gasteiger partial charge in [0.15, 0.2) is 5.96 Å². The summed E-state index contributed by atoms with van der Waals surface area (Å²) in [5.74, 6) is 0.0239. The Labute approximate surface area is 156 Å². The lowest BCUT2D eigenvalue weighted by Gasteiger charge is -2.17. The second-order valence-electron chi connectivity index (χ2n) is 7.15. The zero-order valence-corrected chi connectivity index (χ0v) is 15.2. The van der Waals surface area contributed by atoms with Crippen LogP contribution in [0.25, 0.3) is 21.9 Å². The van der Waals surface area contributed by atoms with Gasteiger partial charge in [0.2, 0.25) is 0 Å². The second-order valence-corrected chi connectivity index (χ2v) is 7.15. The Bertz CT molecular complexity index is 1020. The normalized spacial score (nSPS) is 17.7. The smallest absolute Gasteiger partial charge is 0.349 e. The van der Waals surface area contributed by atoms with Crippen molar-refractivity contribution in [2.24, 2.45) is 5.73 Å². The molecule has 142 valence electrons. The molecule has 3 aromatic rings. The molecule has 8 heteroatoms. The van der Waals surface area contributed by atoms with Crippen LogP contribution >= 0.6 is 0 Å². The molecule has 1 atom stereocenters. The summed E-state index contributed by atoms with van der Waals surface area (Å²) in [4.78, 5) is 22.4. The van der Waals surface area contributed by atoms with Crippen molar-refractivity contribution in [3.63, 3.8) is 0 Å². The van der Waals surface area contributed by atoms with Gasteiger partial charge >= 0.3 is 5.69 Å². The van der Waals surface area contributed by atoms with E-state index in [0.29, 0.717) is 5.65 Å². The Balaban J connectivity index is 1.45. The Morgan fingerprint density at radius 2 is 2.19 bits per heavy atom. The Kier molecular flexibility index (Phi) is 4.81. The number of aromatic amines is 1. The van der Waals surface area contributed by atoms with Crippen molar-refractivity contribution in [3.05, 3.63) is 40.9 Å². The monoisotopic (exact) mass is 367 g/mol. The first-order valence-electron chi connectivity index (χ1n) is 9.41. The second kappa shape index (κ2) is 7.40. The molecular formula is C19H25N7O. The number of nitrogens with zero attached hydrogens (tertiary/aromatic N) is 3. The molecule has 1 fully saturated rings. The predicted molar refractivity (Wildman–Crippen MR) is 107 cm³/mol. The minimum atomic E-state index is -0.188. The van der Waals surface area contributed by atoms with E-state index < -0.39 is 0 Å². The first kappa shape index (κ1) is 17.5. The van der Waals surface area contributed by atoms with Crippen molar-refractivity contribution >= 4 is 27.9 Å². The highest BCUT2D eigenvalue weighted by atomic mass is 16.1. The fraction of sp³-hybridized carbons (Fsp3) is 0.421. The first-order chi connectivity index (χ1) is 13.1. The van der Waals surface area contributed by atoms with E-state index in [1.54, 1.807) is 4.57 Å². The average molecular weight is 367 g/mol. The molecule has 8 nitrogen and oxygen atoms in total. The van der Waals surface area contributed by atoms with Gasteiger partial charge in [-0.1, -0.05) is 18.2 Å². The third-order valence-electron chi connectivity index (χ3n) is 5.28. The Morgan fingerprint density at radius 1 is 1.33 bits per heavy atom. The summed E-state index contributed by atoms with van der Waals surface area (Å²) in [6.45, 7) is 3.58. The molecule has 0 unspecified atom stereocenters. The van der Waals surface area contributed by atoms with E-state index in [1.807, 2.05) is 24.4 Å². The number of nitrogens with two attached hydrogens (primary N) is 1. The van der Waals surface area contributed by atoms with Crippen LogP contribution in [0.1, 0.15) is 25.3 Å². The Hall–Kier alpha value is -2.87. The topological polar surface area (TPSA) is 116 Å². The molecule has 2 aromatic heterocycles. The molecule has 0 aliphatic carbocycles. The van der Waals surface area contributed by atoms with Crippen molar-refractivity contribution < 1.29 is 0 Å². The molecule has 1 aliphatic rings. The van der Waals surface area contributed by atoms with Gasteiger partial charge in [0.1, 0.15) is 5.65 Å². The van der Waals surface area contributed by atoms with Gasteiger partial charge < -0.3 is 20.9 Å². The van der Waals surface area contributed by atoms with Crippen molar-refractivity contribution in [1.82, 2.24) is 24.8 Å². The van der Waals surface area contributed by atoms with E-state index in [2.05, 4.69) is 26.3 Å². The number of fused-ring (bicyclic) bond motifs is 3. The molecule has 5 N–H and O–H groups in total. The maximum absolute atomic E-state index is 12.5. The van der Waals surface area contributed by atoms with Gasteiger partial charge in [-0.15, -0.1) is 0 Å². The zero-order chi connectivity index (χ0) is 18.8. The lowest BCUT2D eigenvalue weighted by Crippen LogP contribution is -2.32. The molecule has 0 saturated carbocycles. The van der Waals surface area contributed by atoms with Crippen LogP contribution in [0.4, 0.5) is 0 Å². The van der Waals surface area contributed by atoms with E-state index in [1.165, 1.54) is 0 Å². The van der Waals surface area contributed by atoms with Crippen LogP contribution in [-0.2, 0) is 0 Å². The number of aromatic nitrogens is 3. The number of nitrogens with one attached hydrogen (secondary N) is 3. The lowest BCUT2D eigenvalue weighted by molar-refractivity contribution is 0.314. The van der Waals surface area contributed by atoms with Crippen LogP contribution in [0, 0.1) is 5.41 Å². The lowest BCUT2D eigenvalue weighted by atomic mass is 10.2. The number of rotatable bonds is 6. The number of H-pyrrole nitrogens is 1. The summed E-state index contributed by atoms with van der Waals surface area (Å²) in [7, 11) is 0. The standard InChI is InChI=1S/C19H25N7O/c20-18(21)22-8-3-4-9-25-10-7-13(11-25)26-12-15-14-5-1-2-6-16(14)23-17(15)24-19(26)27/h1-2,5-6,12-13H,3-4,7-11H2,(H4,20,21,22)(H,23,24,27)/t13-/m1/s1. The summed E-state index contributed by atoms with van der Waals surface area (Å²) >= 11 is 0. The molecule has 1 aliphatic heterocycles. The van der Waals surface area contributed by atoms with Crippen molar-refractivity contribution in [1.29, 1.82) is 5.41 Å². The van der Waals surface area contributed by atoms with Gasteiger partial charge in [0.05, 0.1) is 6.04 Å². The summed E-state index contributed by atoms with van der Waals surface area (Å²) in [5, 5.41) is 12.1. The maximum atomic E-state index is 12.5. The Morgan fingerprint density at radius 3 is 3.04 bits per heavy atom. The third kappa shape index (κ3) is 3.66. The summed E-state index contributed by atoms with van der Waals surface area (Å²) < 4.78 is 1.81. The van der Waals surface area contributed by atoms with Crippen LogP contribution in [0.3, 0.4) is 0 Å². The van der Waals surface area contributed by atoms with Crippen LogP contribution in [-0.4, -0.2) is 51.6 Å². The SMILES string of the molecule is N=C(N)NCCCCN1CC[C@@H](n2cc3c(nc2=O)[nH]c2ccccc23)C1. The summed E-state index contributed by atoms with van der Waals surface area (Å²) in [5.41, 5.74) is 6.75. The molecule has 0 bridgehead atoms. The number of unbranched alkanes of at least 4 members (excludes halogenated alkanes) is 1. The highest BCUT2D eigenvalue weighted by molar-refractivity contribution is 6.05. The van der Waals surface area contributed by atoms with Gasteiger partial charge in [0, 0.05) is 42.1 Å². The number of benzene rings is 1. The van der Waals surface area contributed by atoms with Gasteiger partial charge in [-0.2, -0.15) is 4.98 Å². The van der Waals surface area contributed by atoms with Gasteiger partial charge in [0.25, 0.3) is 0 Å². The maximum Gasteiger partial charge on any atom is 0.349 e. The van der Waals surface area contributed by atoms with Crippen LogP contribution in [0.15, 0.2) is 35.3 Å². The van der Waals surface area contributed by atoms with E-state index in [4.69, 9.17) is 11.1 Å². The van der Waals surface area contributed by atoms with E-state index in [0.717, 1.165) is 61.7 Å². The minimum absolute atomic E-state index is 0.0239. The molecule has 3 heterocycles. The van der Waals surface area contributed by atoms with E-state index >= 15 is 0 Å². The van der Waals surface area contributed by atoms with E-state index in [-0.39, 0.29) is 17.7 Å². The quantitative estimate of drug-likeness (QED) is 0.298. The number of hydrogen-bond acceptors (Lipinski definition) is 4. The third-order valence-corrected chi connectivity index (χ3v) is 5.28. The summed E-state index contributed by atoms with van der Waals surface area (Å²) in [6.07, 6.45) is 4.95. The number of guanidine groups is 1. The predicted octanol–water partition coefficient (Wildman–Crippen LogP) is 1.39. The van der Waals surface area contributed by atoms with Crippen molar-refractivity contribution in [2.45, 2.75) is 25.3 Å². The fourth-order valence-electron chi connectivity index (χ4n) is 3.90. The molecule has 1 saturated heterocycles.